The van der Waals surface area contributed by atoms with Gasteiger partial charge in [-0.15, -0.1) is 0 Å². The number of hydrogen-bond acceptors (Lipinski definition) is 1. The lowest BCUT2D eigenvalue weighted by molar-refractivity contribution is 0.264. The molecule has 0 saturated carbocycles. The maximum atomic E-state index is 11.5. The van der Waals surface area contributed by atoms with Crippen LogP contribution in [0.15, 0.2) is 30.3 Å². The van der Waals surface area contributed by atoms with E-state index in [4.69, 9.17) is 11.6 Å². The molecule has 0 heterocycles. The Morgan fingerprint density at radius 3 is 1.86 bits per heavy atom. The monoisotopic (exact) mass is 323 g/mol. The van der Waals surface area contributed by atoms with E-state index in [0.717, 1.165) is 12.1 Å². The fourth-order valence-electron chi connectivity index (χ4n) is 2.68. The minimum absolute atomic E-state index is 0.387. The summed E-state index contributed by atoms with van der Waals surface area (Å²) < 4.78 is 0. The van der Waals surface area contributed by atoms with Crippen molar-refractivity contribution in [3.05, 3.63) is 30.3 Å². The van der Waals surface area contributed by atoms with Crippen molar-refractivity contribution in [3.8, 4) is 0 Å². The molecule has 0 aliphatic carbocycles. The lowest BCUT2D eigenvalue weighted by Crippen LogP contribution is -2.26. The molecule has 0 N–H and O–H groups in total. The quantitative estimate of drug-likeness (QED) is 0.236. The second-order valence-electron chi connectivity index (χ2n) is 5.92. The summed E-state index contributed by atoms with van der Waals surface area (Å²) in [5.74, 6) is 0. The molecule has 0 saturated heterocycles. The van der Waals surface area contributed by atoms with Crippen molar-refractivity contribution in [2.24, 2.45) is 0 Å². The van der Waals surface area contributed by atoms with Crippen LogP contribution in [0.2, 0.25) is 0 Å². The van der Waals surface area contributed by atoms with Gasteiger partial charge >= 0.3 is 5.37 Å². The van der Waals surface area contributed by atoms with E-state index >= 15 is 0 Å². The van der Waals surface area contributed by atoms with Crippen LogP contribution in [-0.4, -0.2) is 11.9 Å². The number of halogens is 1. The first kappa shape index (κ1) is 19.0. The first-order valence-corrected chi connectivity index (χ1v) is 9.15. The molecule has 124 valence electrons. The minimum Gasteiger partial charge on any atom is -0.299 e. The maximum absolute atomic E-state index is 11.5. The van der Waals surface area contributed by atoms with Crippen LogP contribution in [0.4, 0.5) is 10.5 Å². The van der Waals surface area contributed by atoms with Gasteiger partial charge < -0.3 is 0 Å². The Hall–Kier alpha value is -1.02. The molecule has 0 bridgehead atoms. The molecule has 0 spiro atoms. The molecule has 0 atom stereocenters. The zero-order valence-corrected chi connectivity index (χ0v) is 14.7. The summed E-state index contributed by atoms with van der Waals surface area (Å²) in [4.78, 5) is 13.2. The number of amides is 1. The molecule has 1 amide bonds. The Bertz CT molecular complexity index is 394. The summed E-state index contributed by atoms with van der Waals surface area (Å²) in [6.45, 7) is 2.97. The number of hydrogen-bond donors (Lipinski definition) is 0. The van der Waals surface area contributed by atoms with Crippen LogP contribution in [0.25, 0.3) is 0 Å². The second-order valence-corrected chi connectivity index (χ2v) is 6.25. The smallest absolute Gasteiger partial charge is 0.299 e. The molecule has 0 fully saturated rings. The van der Waals surface area contributed by atoms with Crippen molar-refractivity contribution < 1.29 is 4.79 Å². The lowest BCUT2D eigenvalue weighted by Gasteiger charge is -2.19. The normalized spacial score (nSPS) is 10.6. The summed E-state index contributed by atoms with van der Waals surface area (Å²) in [5, 5.41) is -0.387. The zero-order chi connectivity index (χ0) is 16.0. The van der Waals surface area contributed by atoms with Gasteiger partial charge in [-0.2, -0.15) is 0 Å². The number of rotatable bonds is 12. The number of benzene rings is 1. The first-order valence-electron chi connectivity index (χ1n) is 8.77. The molecule has 1 rings (SSSR count). The molecule has 22 heavy (non-hydrogen) atoms. The highest BCUT2D eigenvalue weighted by Gasteiger charge is 2.11. The van der Waals surface area contributed by atoms with Gasteiger partial charge in [0.15, 0.2) is 0 Å². The largest absolute Gasteiger partial charge is 0.320 e. The molecule has 0 unspecified atom stereocenters. The molecule has 1 aromatic rings. The van der Waals surface area contributed by atoms with Crippen LogP contribution < -0.4 is 4.90 Å². The summed E-state index contributed by atoms with van der Waals surface area (Å²) in [7, 11) is 0. The van der Waals surface area contributed by atoms with E-state index in [1.807, 2.05) is 30.3 Å². The van der Waals surface area contributed by atoms with Crippen LogP contribution in [0.1, 0.15) is 71.1 Å². The van der Waals surface area contributed by atoms with Crippen molar-refractivity contribution in [2.75, 3.05) is 11.4 Å². The predicted octanol–water partition coefficient (Wildman–Crippen LogP) is 6.77. The van der Waals surface area contributed by atoms with E-state index in [1.54, 1.807) is 4.90 Å². The van der Waals surface area contributed by atoms with Crippen molar-refractivity contribution in [1.29, 1.82) is 0 Å². The van der Waals surface area contributed by atoms with E-state index in [-0.39, 0.29) is 5.37 Å². The number of para-hydroxylation sites is 1. The van der Waals surface area contributed by atoms with E-state index in [1.165, 1.54) is 57.8 Å². The molecule has 1 aromatic carbocycles. The van der Waals surface area contributed by atoms with Gasteiger partial charge in [0.2, 0.25) is 0 Å². The number of anilines is 1. The Morgan fingerprint density at radius 2 is 1.36 bits per heavy atom. The standard InChI is InChI=1S/C19H30ClNO/c1-2-3-4-5-6-7-8-9-10-14-17-21(19(20)22)18-15-12-11-13-16-18/h11-13,15-16H,2-10,14,17H2,1H3. The van der Waals surface area contributed by atoms with E-state index in [2.05, 4.69) is 6.92 Å². The van der Waals surface area contributed by atoms with Crippen molar-refractivity contribution in [2.45, 2.75) is 71.1 Å². The van der Waals surface area contributed by atoms with E-state index < -0.39 is 0 Å². The number of nitrogens with zero attached hydrogens (tertiary/aromatic N) is 1. The highest BCUT2D eigenvalue weighted by atomic mass is 35.5. The third-order valence-electron chi connectivity index (χ3n) is 4.02. The van der Waals surface area contributed by atoms with Crippen molar-refractivity contribution in [3.63, 3.8) is 0 Å². The van der Waals surface area contributed by atoms with Gasteiger partial charge in [-0.25, -0.2) is 0 Å². The first-order chi connectivity index (χ1) is 10.8. The van der Waals surface area contributed by atoms with Gasteiger partial charge in [0.1, 0.15) is 0 Å². The molecule has 0 aliphatic rings. The van der Waals surface area contributed by atoms with Gasteiger partial charge in [0, 0.05) is 12.2 Å². The Morgan fingerprint density at radius 1 is 0.864 bits per heavy atom. The summed E-state index contributed by atoms with van der Waals surface area (Å²) in [6.07, 6.45) is 12.9. The average molecular weight is 324 g/mol. The topological polar surface area (TPSA) is 20.3 Å². The van der Waals surface area contributed by atoms with Gasteiger partial charge in [-0.3, -0.25) is 9.69 Å². The van der Waals surface area contributed by atoms with Gasteiger partial charge in [-0.1, -0.05) is 82.9 Å². The van der Waals surface area contributed by atoms with Crippen LogP contribution in [-0.2, 0) is 0 Å². The highest BCUT2D eigenvalue weighted by molar-refractivity contribution is 6.66. The van der Waals surface area contributed by atoms with Crippen LogP contribution in [0, 0.1) is 0 Å². The number of unbranched alkanes of at least 4 members (excludes halogenated alkanes) is 9. The third-order valence-corrected chi connectivity index (χ3v) is 4.22. The van der Waals surface area contributed by atoms with Crippen molar-refractivity contribution >= 4 is 22.7 Å². The summed E-state index contributed by atoms with van der Waals surface area (Å²) >= 11 is 5.69. The fraction of sp³-hybridized carbons (Fsp3) is 0.632. The minimum atomic E-state index is -0.387. The molecule has 0 aromatic heterocycles. The fourth-order valence-corrected chi connectivity index (χ4v) is 2.87. The number of carbonyl (C=O) groups is 1. The van der Waals surface area contributed by atoms with Crippen LogP contribution in [0.5, 0.6) is 0 Å². The van der Waals surface area contributed by atoms with Crippen LogP contribution >= 0.6 is 11.6 Å². The van der Waals surface area contributed by atoms with E-state index in [0.29, 0.717) is 6.54 Å². The molecule has 2 nitrogen and oxygen atoms in total. The highest BCUT2D eigenvalue weighted by Crippen LogP contribution is 2.17. The zero-order valence-electron chi connectivity index (χ0n) is 13.9. The molecular formula is C19H30ClNO. The number of carbonyl (C=O) groups excluding carboxylic acids is 1. The SMILES string of the molecule is CCCCCCCCCCCCN(C(=O)Cl)c1ccccc1. The second kappa shape index (κ2) is 12.5. The summed E-state index contributed by atoms with van der Waals surface area (Å²) in [5.41, 5.74) is 0.887. The van der Waals surface area contributed by atoms with Crippen molar-refractivity contribution in [1.82, 2.24) is 0 Å². The third kappa shape index (κ3) is 8.43. The van der Waals surface area contributed by atoms with E-state index in [9.17, 15) is 4.79 Å². The Balaban J connectivity index is 2.08. The lowest BCUT2D eigenvalue weighted by atomic mass is 10.1. The molecular weight excluding hydrogens is 294 g/mol. The predicted molar refractivity (Wildman–Crippen MR) is 96.9 cm³/mol. The van der Waals surface area contributed by atoms with Gasteiger partial charge in [-0.05, 0) is 30.2 Å². The van der Waals surface area contributed by atoms with Gasteiger partial charge in [0.25, 0.3) is 0 Å². The molecule has 0 radical (unpaired) electrons. The Labute approximate surface area is 140 Å². The maximum Gasteiger partial charge on any atom is 0.320 e. The summed E-state index contributed by atoms with van der Waals surface area (Å²) in [6, 6.07) is 9.66. The molecule has 3 heteroatoms. The average Bonchev–Trinajstić information content (AvgIpc) is 2.53. The Kier molecular flexibility index (Phi) is 10.8. The molecule has 0 aliphatic heterocycles. The van der Waals surface area contributed by atoms with Gasteiger partial charge in [0.05, 0.1) is 0 Å². The van der Waals surface area contributed by atoms with Crippen LogP contribution in [0.3, 0.4) is 0 Å².